The van der Waals surface area contributed by atoms with Crippen molar-refractivity contribution in [2.45, 2.75) is 76.8 Å². The molecule has 0 aliphatic carbocycles. The van der Waals surface area contributed by atoms with Gasteiger partial charge in [-0.3, -0.25) is 9.69 Å². The summed E-state index contributed by atoms with van der Waals surface area (Å²) in [6, 6.07) is 31.1. The summed E-state index contributed by atoms with van der Waals surface area (Å²) < 4.78 is 24.6. The Morgan fingerprint density at radius 1 is 0.820 bits per heavy atom. The van der Waals surface area contributed by atoms with Crippen molar-refractivity contribution >= 4 is 23.4 Å². The van der Waals surface area contributed by atoms with E-state index in [0.717, 1.165) is 41.8 Å². The number of nitrogens with one attached hydrogen (secondary N) is 2. The van der Waals surface area contributed by atoms with Crippen LogP contribution in [0.3, 0.4) is 0 Å². The van der Waals surface area contributed by atoms with Crippen LogP contribution in [0.5, 0.6) is 11.5 Å². The third-order valence-electron chi connectivity index (χ3n) is 8.63. The lowest BCUT2D eigenvalue weighted by molar-refractivity contribution is -0.253. The molecule has 2 aliphatic rings. The number of carbonyl (C=O) groups is 2. The van der Waals surface area contributed by atoms with Crippen LogP contribution in [0.4, 0.5) is 16.2 Å². The molecule has 10 nitrogen and oxygen atoms in total. The fourth-order valence-electron chi connectivity index (χ4n) is 6.22. The lowest BCUT2D eigenvalue weighted by atomic mass is 9.99. The average molecular weight is 680 g/mol. The molecule has 3 N–H and O–H groups in total. The van der Waals surface area contributed by atoms with Crippen LogP contribution in [0.15, 0.2) is 103 Å². The molecule has 10 heteroatoms. The minimum Gasteiger partial charge on any atom is -0.459 e. The standard InChI is InChI=1S/C40H45N3O7/c1-40(2,3)50-37(45)35-10-7-23-43(35)25-34-24-36(28-13-11-27(26-44)12-14-28)49-38(48-34)29-15-17-30(18-16-29)41-39(46)42-31-19-21-33(22-20-31)47-32-8-5-4-6-9-32/h4-6,8-9,11-22,34-36,38,44H,7,10,23-26H2,1-3H3,(H2,41,42,46). The van der Waals surface area contributed by atoms with Crippen LogP contribution >= 0.6 is 0 Å². The van der Waals surface area contributed by atoms with Gasteiger partial charge in [-0.1, -0.05) is 54.6 Å². The van der Waals surface area contributed by atoms with Gasteiger partial charge in [0.2, 0.25) is 0 Å². The Labute approximate surface area is 293 Å². The number of likely N-dealkylation sites (tertiary alicyclic amines) is 1. The molecule has 4 aromatic carbocycles. The highest BCUT2D eigenvalue weighted by Crippen LogP contribution is 2.39. The second-order valence-corrected chi connectivity index (χ2v) is 13.7. The molecule has 0 radical (unpaired) electrons. The van der Waals surface area contributed by atoms with E-state index in [1.165, 1.54) is 0 Å². The molecular weight excluding hydrogens is 634 g/mol. The van der Waals surface area contributed by atoms with Crippen LogP contribution in [0.1, 0.15) is 69.1 Å². The molecule has 2 saturated heterocycles. The zero-order valence-electron chi connectivity index (χ0n) is 28.7. The maximum atomic E-state index is 13.0. The number of hydrogen-bond donors (Lipinski definition) is 3. The number of nitrogens with zero attached hydrogens (tertiary/aromatic N) is 1. The van der Waals surface area contributed by atoms with E-state index in [1.807, 2.05) is 99.6 Å². The van der Waals surface area contributed by atoms with E-state index in [4.69, 9.17) is 18.9 Å². The van der Waals surface area contributed by atoms with Gasteiger partial charge in [0.15, 0.2) is 6.29 Å². The van der Waals surface area contributed by atoms with Gasteiger partial charge in [0.05, 0.1) is 18.8 Å². The Morgan fingerprint density at radius 3 is 2.08 bits per heavy atom. The molecule has 50 heavy (non-hydrogen) atoms. The first-order chi connectivity index (χ1) is 24.1. The van der Waals surface area contributed by atoms with Crippen molar-refractivity contribution in [2.75, 3.05) is 23.7 Å². The second kappa shape index (κ2) is 15.9. The van der Waals surface area contributed by atoms with Crippen LogP contribution in [-0.2, 0) is 25.6 Å². The maximum Gasteiger partial charge on any atom is 0.323 e. The van der Waals surface area contributed by atoms with Crippen molar-refractivity contribution < 1.29 is 33.6 Å². The number of amides is 2. The highest BCUT2D eigenvalue weighted by atomic mass is 16.7. The van der Waals surface area contributed by atoms with Gasteiger partial charge in [-0.15, -0.1) is 0 Å². The number of hydrogen-bond acceptors (Lipinski definition) is 8. The zero-order chi connectivity index (χ0) is 35.1. The number of rotatable bonds is 10. The van der Waals surface area contributed by atoms with Gasteiger partial charge >= 0.3 is 12.0 Å². The van der Waals surface area contributed by atoms with Crippen LogP contribution in [0.25, 0.3) is 0 Å². The predicted octanol–water partition coefficient (Wildman–Crippen LogP) is 7.97. The number of anilines is 2. The van der Waals surface area contributed by atoms with E-state index < -0.39 is 11.9 Å². The summed E-state index contributed by atoms with van der Waals surface area (Å²) in [5, 5.41) is 15.3. The third-order valence-corrected chi connectivity index (χ3v) is 8.63. The summed E-state index contributed by atoms with van der Waals surface area (Å²) in [5.74, 6) is 1.20. The summed E-state index contributed by atoms with van der Waals surface area (Å²) in [6.45, 7) is 6.98. The van der Waals surface area contributed by atoms with Gasteiger partial charge in [-0.25, -0.2) is 4.79 Å². The number of esters is 1. The highest BCUT2D eigenvalue weighted by Gasteiger charge is 2.39. The molecule has 0 spiro atoms. The minimum atomic E-state index is -0.668. The van der Waals surface area contributed by atoms with Crippen LogP contribution in [0.2, 0.25) is 0 Å². The van der Waals surface area contributed by atoms with Gasteiger partial charge in [0, 0.05) is 29.9 Å². The van der Waals surface area contributed by atoms with Gasteiger partial charge < -0.3 is 34.7 Å². The van der Waals surface area contributed by atoms with Crippen molar-refractivity contribution in [3.05, 3.63) is 120 Å². The Kier molecular flexibility index (Phi) is 11.1. The first kappa shape index (κ1) is 35.1. The number of carbonyl (C=O) groups excluding carboxylic acids is 2. The molecule has 0 saturated carbocycles. The molecular formula is C40H45N3O7. The zero-order valence-corrected chi connectivity index (χ0v) is 28.7. The second-order valence-electron chi connectivity index (χ2n) is 13.7. The summed E-state index contributed by atoms with van der Waals surface area (Å²) in [6.07, 6.45) is 1.13. The normalized spacial score (nSPS) is 21.0. The average Bonchev–Trinajstić information content (AvgIpc) is 3.57. The molecule has 2 fully saturated rings. The molecule has 4 unspecified atom stereocenters. The topological polar surface area (TPSA) is 119 Å². The van der Waals surface area contributed by atoms with Crippen molar-refractivity contribution in [1.29, 1.82) is 0 Å². The van der Waals surface area contributed by atoms with E-state index in [-0.39, 0.29) is 36.9 Å². The fourth-order valence-corrected chi connectivity index (χ4v) is 6.22. The molecule has 2 aliphatic heterocycles. The largest absolute Gasteiger partial charge is 0.459 e. The minimum absolute atomic E-state index is 0.0322. The highest BCUT2D eigenvalue weighted by molar-refractivity contribution is 5.99. The quantitative estimate of drug-likeness (QED) is 0.145. The lowest BCUT2D eigenvalue weighted by Crippen LogP contribution is -2.45. The van der Waals surface area contributed by atoms with Crippen molar-refractivity contribution in [2.24, 2.45) is 0 Å². The van der Waals surface area contributed by atoms with Gasteiger partial charge in [-0.2, -0.15) is 0 Å². The predicted molar refractivity (Wildman–Crippen MR) is 191 cm³/mol. The fraction of sp³-hybridized carbons (Fsp3) is 0.350. The molecule has 6 rings (SSSR count). The molecule has 0 aromatic heterocycles. The van der Waals surface area contributed by atoms with Crippen LogP contribution < -0.4 is 15.4 Å². The van der Waals surface area contributed by atoms with E-state index in [2.05, 4.69) is 15.5 Å². The SMILES string of the molecule is CC(C)(C)OC(=O)C1CCCN1CC1CC(c2ccc(CO)cc2)OC(c2ccc(NC(=O)Nc3ccc(Oc4ccccc4)cc3)cc2)O1. The Balaban J connectivity index is 1.10. The number of benzene rings is 4. The van der Waals surface area contributed by atoms with E-state index in [0.29, 0.717) is 30.1 Å². The summed E-state index contributed by atoms with van der Waals surface area (Å²) in [7, 11) is 0. The van der Waals surface area contributed by atoms with Crippen LogP contribution in [-0.4, -0.2) is 52.8 Å². The van der Waals surface area contributed by atoms with Crippen molar-refractivity contribution in [3.63, 3.8) is 0 Å². The number of aliphatic hydroxyl groups excluding tert-OH is 1. The number of urea groups is 1. The third kappa shape index (κ3) is 9.48. The molecule has 262 valence electrons. The van der Waals surface area contributed by atoms with Crippen LogP contribution in [0, 0.1) is 0 Å². The molecule has 2 heterocycles. The first-order valence-electron chi connectivity index (χ1n) is 17.1. The van der Waals surface area contributed by atoms with E-state index in [1.54, 1.807) is 24.3 Å². The molecule has 0 bridgehead atoms. The van der Waals surface area contributed by atoms with Gasteiger partial charge in [0.25, 0.3) is 0 Å². The van der Waals surface area contributed by atoms with Crippen molar-refractivity contribution in [3.8, 4) is 11.5 Å². The maximum absolute atomic E-state index is 13.0. The Morgan fingerprint density at radius 2 is 1.44 bits per heavy atom. The summed E-state index contributed by atoms with van der Waals surface area (Å²) in [4.78, 5) is 28.0. The molecule has 2 amide bonds. The van der Waals surface area contributed by atoms with Gasteiger partial charge in [-0.05, 0) is 99.8 Å². The molecule has 4 atom stereocenters. The van der Waals surface area contributed by atoms with Gasteiger partial charge in [0.1, 0.15) is 23.1 Å². The van der Waals surface area contributed by atoms with E-state index >= 15 is 0 Å². The molecule has 4 aromatic rings. The summed E-state index contributed by atoms with van der Waals surface area (Å²) in [5.41, 5.74) is 3.29. The first-order valence-corrected chi connectivity index (χ1v) is 17.1. The number of ether oxygens (including phenoxy) is 4. The van der Waals surface area contributed by atoms with E-state index in [9.17, 15) is 14.7 Å². The monoisotopic (exact) mass is 679 g/mol. The number of para-hydroxylation sites is 1. The Bertz CT molecular complexity index is 1710. The number of aliphatic hydroxyl groups is 1. The Hall–Kier alpha value is -4.74. The summed E-state index contributed by atoms with van der Waals surface area (Å²) >= 11 is 0. The lowest BCUT2D eigenvalue weighted by Gasteiger charge is -2.38. The smallest absolute Gasteiger partial charge is 0.323 e. The van der Waals surface area contributed by atoms with Crippen molar-refractivity contribution in [1.82, 2.24) is 4.90 Å².